The van der Waals surface area contributed by atoms with Gasteiger partial charge in [0.25, 0.3) is 0 Å². The molecular formula is C16H16NO4. The number of Topliss-reactive ketones (excluding diaryl/α,β-unsaturated/α-hetero) is 1. The molecule has 21 heavy (non-hydrogen) atoms. The number of carbonyl (C=O) groups is 2. The maximum absolute atomic E-state index is 12.3. The predicted octanol–water partition coefficient (Wildman–Crippen LogP) is 2.20. The van der Waals surface area contributed by atoms with Crippen molar-refractivity contribution in [1.29, 1.82) is 5.26 Å². The molecule has 0 N–H and O–H groups in total. The first kappa shape index (κ1) is 16.6. The van der Waals surface area contributed by atoms with E-state index in [0.717, 1.165) is 0 Å². The summed E-state index contributed by atoms with van der Waals surface area (Å²) in [6.45, 7) is 5.04. The third-order valence-corrected chi connectivity index (χ3v) is 2.59. The lowest BCUT2D eigenvalue weighted by atomic mass is 9.94. The second kappa shape index (κ2) is 6.80. The zero-order chi connectivity index (χ0) is 16.0. The Hall–Kier alpha value is -2.48. The lowest BCUT2D eigenvalue weighted by Crippen LogP contribution is -2.33. The van der Waals surface area contributed by atoms with Gasteiger partial charge >= 0.3 is 5.97 Å². The van der Waals surface area contributed by atoms with Gasteiger partial charge in [0.2, 0.25) is 0 Å². The quantitative estimate of drug-likeness (QED) is 0.470. The highest BCUT2D eigenvalue weighted by Crippen LogP contribution is 2.18. The summed E-state index contributed by atoms with van der Waals surface area (Å²) in [6.07, 6.45) is 1.23. The van der Waals surface area contributed by atoms with Gasteiger partial charge in [0, 0.05) is 12.0 Å². The van der Waals surface area contributed by atoms with E-state index >= 15 is 0 Å². The number of esters is 1. The van der Waals surface area contributed by atoms with E-state index in [1.165, 1.54) is 24.3 Å². The van der Waals surface area contributed by atoms with E-state index in [1.807, 2.05) is 6.07 Å². The van der Waals surface area contributed by atoms with Crippen molar-refractivity contribution in [2.24, 2.45) is 5.92 Å². The van der Waals surface area contributed by atoms with E-state index in [-0.39, 0.29) is 12.0 Å². The van der Waals surface area contributed by atoms with Gasteiger partial charge in [0.1, 0.15) is 11.5 Å². The Morgan fingerprint density at radius 1 is 1.24 bits per heavy atom. The van der Waals surface area contributed by atoms with Crippen molar-refractivity contribution in [2.75, 3.05) is 0 Å². The molecule has 0 saturated heterocycles. The number of ketones is 1. The van der Waals surface area contributed by atoms with Crippen LogP contribution < -0.4 is 0 Å². The van der Waals surface area contributed by atoms with Crippen LogP contribution in [0.2, 0.25) is 0 Å². The number of hydrogen-bond donors (Lipinski definition) is 0. The summed E-state index contributed by atoms with van der Waals surface area (Å²) in [5.74, 6) is -2.48. The van der Waals surface area contributed by atoms with Crippen LogP contribution in [0.3, 0.4) is 0 Å². The number of benzene rings is 1. The number of nitrogens with zero attached hydrogens (tertiary/aromatic N) is 1. The van der Waals surface area contributed by atoms with Crippen LogP contribution in [0.25, 0.3) is 0 Å². The van der Waals surface area contributed by atoms with Gasteiger partial charge in [0.15, 0.2) is 12.1 Å². The maximum atomic E-state index is 12.3. The highest BCUT2D eigenvalue weighted by atomic mass is 16.6. The molecule has 0 fully saturated rings. The van der Waals surface area contributed by atoms with E-state index in [4.69, 9.17) is 10.00 Å². The second-order valence-corrected chi connectivity index (χ2v) is 5.49. The summed E-state index contributed by atoms with van der Waals surface area (Å²) in [5.41, 5.74) is -0.0918. The molecule has 0 aromatic heterocycles. The highest BCUT2D eigenvalue weighted by Gasteiger charge is 2.31. The summed E-state index contributed by atoms with van der Waals surface area (Å²) in [5, 5.41) is 8.72. The standard InChI is InChI=1S/C16H16NO4/c1-16(2,3)21-15(20)13(8-9-18)14(19)12-6-4-11(10-17)5-7-12/h4-7,13H,8H2,1-3H3. The molecule has 0 saturated carbocycles. The average Bonchev–Trinajstić information content (AvgIpc) is 2.42. The third kappa shape index (κ3) is 4.84. The van der Waals surface area contributed by atoms with Gasteiger partial charge in [-0.3, -0.25) is 14.4 Å². The minimum atomic E-state index is -1.21. The molecule has 109 valence electrons. The molecule has 1 rings (SSSR count). The van der Waals surface area contributed by atoms with Crippen LogP contribution in [-0.2, 0) is 14.3 Å². The van der Waals surface area contributed by atoms with Gasteiger partial charge in [-0.15, -0.1) is 0 Å². The van der Waals surface area contributed by atoms with E-state index in [9.17, 15) is 14.4 Å². The molecule has 0 amide bonds. The predicted molar refractivity (Wildman–Crippen MR) is 75.1 cm³/mol. The first-order valence-electron chi connectivity index (χ1n) is 6.40. The van der Waals surface area contributed by atoms with Crippen molar-refractivity contribution in [2.45, 2.75) is 32.8 Å². The van der Waals surface area contributed by atoms with Crippen molar-refractivity contribution < 1.29 is 19.1 Å². The molecule has 1 unspecified atom stereocenters. The summed E-state index contributed by atoms with van der Waals surface area (Å²) < 4.78 is 5.15. The number of nitriles is 1. The SMILES string of the molecule is CC(C)(C)OC(=O)C(C[C]=O)C(=O)c1ccc(C#N)cc1. The lowest BCUT2D eigenvalue weighted by molar-refractivity contribution is -0.157. The zero-order valence-corrected chi connectivity index (χ0v) is 12.2. The van der Waals surface area contributed by atoms with Crippen molar-refractivity contribution in [3.8, 4) is 6.07 Å². The van der Waals surface area contributed by atoms with Crippen LogP contribution in [0, 0.1) is 17.2 Å². The van der Waals surface area contributed by atoms with Gasteiger partial charge < -0.3 is 4.74 Å². The number of hydrogen-bond acceptors (Lipinski definition) is 5. The lowest BCUT2D eigenvalue weighted by Gasteiger charge is -2.22. The third-order valence-electron chi connectivity index (χ3n) is 2.59. The normalized spacial score (nSPS) is 12.1. The van der Waals surface area contributed by atoms with Gasteiger partial charge in [-0.05, 0) is 32.9 Å². The second-order valence-electron chi connectivity index (χ2n) is 5.49. The Labute approximate surface area is 123 Å². The van der Waals surface area contributed by atoms with Crippen LogP contribution in [0.1, 0.15) is 43.1 Å². The van der Waals surface area contributed by atoms with Crippen molar-refractivity contribution in [3.05, 3.63) is 35.4 Å². The largest absolute Gasteiger partial charge is 0.459 e. The molecule has 0 aliphatic carbocycles. The Morgan fingerprint density at radius 3 is 2.24 bits per heavy atom. The van der Waals surface area contributed by atoms with E-state index in [1.54, 1.807) is 27.1 Å². The molecule has 0 heterocycles. The Balaban J connectivity index is 2.98. The van der Waals surface area contributed by atoms with Gasteiger partial charge in [-0.25, -0.2) is 0 Å². The monoisotopic (exact) mass is 286 g/mol. The summed E-state index contributed by atoms with van der Waals surface area (Å²) in [6, 6.07) is 7.78. The fourth-order valence-electron chi connectivity index (χ4n) is 1.65. The molecule has 0 aliphatic heterocycles. The smallest absolute Gasteiger partial charge is 0.317 e. The number of carbonyl (C=O) groups excluding carboxylic acids is 3. The summed E-state index contributed by atoms with van der Waals surface area (Å²) in [4.78, 5) is 34.9. The molecule has 5 heteroatoms. The summed E-state index contributed by atoms with van der Waals surface area (Å²) in [7, 11) is 0. The van der Waals surface area contributed by atoms with Crippen LogP contribution in [0.5, 0.6) is 0 Å². The molecular weight excluding hydrogens is 270 g/mol. The first-order valence-corrected chi connectivity index (χ1v) is 6.40. The first-order chi connectivity index (χ1) is 9.78. The van der Waals surface area contributed by atoms with E-state index in [2.05, 4.69) is 0 Å². The molecule has 5 nitrogen and oxygen atoms in total. The molecule has 0 bridgehead atoms. The van der Waals surface area contributed by atoms with Gasteiger partial charge in [0.05, 0.1) is 11.6 Å². The topological polar surface area (TPSA) is 84.2 Å². The molecule has 0 spiro atoms. The van der Waals surface area contributed by atoms with E-state index in [0.29, 0.717) is 5.56 Å². The minimum Gasteiger partial charge on any atom is -0.459 e. The van der Waals surface area contributed by atoms with Crippen molar-refractivity contribution in [3.63, 3.8) is 0 Å². The Morgan fingerprint density at radius 2 is 1.81 bits per heavy atom. The average molecular weight is 286 g/mol. The summed E-state index contributed by atoms with van der Waals surface area (Å²) >= 11 is 0. The van der Waals surface area contributed by atoms with Crippen LogP contribution in [0.15, 0.2) is 24.3 Å². The Bertz CT molecular complexity index is 576. The van der Waals surface area contributed by atoms with Crippen LogP contribution in [-0.4, -0.2) is 23.6 Å². The van der Waals surface area contributed by atoms with E-state index < -0.39 is 23.3 Å². The van der Waals surface area contributed by atoms with Crippen LogP contribution in [0.4, 0.5) is 0 Å². The van der Waals surface area contributed by atoms with Gasteiger partial charge in [-0.2, -0.15) is 5.26 Å². The fraction of sp³-hybridized carbons (Fsp3) is 0.375. The number of rotatable bonds is 5. The fourth-order valence-corrected chi connectivity index (χ4v) is 1.65. The number of ether oxygens (including phenoxy) is 1. The highest BCUT2D eigenvalue weighted by molar-refractivity contribution is 6.09. The molecule has 1 atom stereocenters. The van der Waals surface area contributed by atoms with Crippen molar-refractivity contribution in [1.82, 2.24) is 0 Å². The molecule has 1 aromatic carbocycles. The zero-order valence-electron chi connectivity index (χ0n) is 12.2. The molecule has 0 aliphatic rings. The maximum Gasteiger partial charge on any atom is 0.317 e. The Kier molecular flexibility index (Phi) is 5.37. The molecule has 1 radical (unpaired) electrons. The minimum absolute atomic E-state index is 0.250. The van der Waals surface area contributed by atoms with Gasteiger partial charge in [-0.1, -0.05) is 12.1 Å². The molecule has 1 aromatic rings. The van der Waals surface area contributed by atoms with Crippen molar-refractivity contribution >= 4 is 18.0 Å². The van der Waals surface area contributed by atoms with Crippen LogP contribution >= 0.6 is 0 Å².